The summed E-state index contributed by atoms with van der Waals surface area (Å²) < 4.78 is 35.4. The number of alkyl halides is 2. The predicted molar refractivity (Wildman–Crippen MR) is 92.1 cm³/mol. The van der Waals surface area contributed by atoms with Gasteiger partial charge in [-0.2, -0.15) is 0 Å². The second kappa shape index (κ2) is 5.73. The van der Waals surface area contributed by atoms with Crippen LogP contribution in [0.3, 0.4) is 0 Å². The summed E-state index contributed by atoms with van der Waals surface area (Å²) in [6.07, 6.45) is 0.658. The Kier molecular flexibility index (Phi) is 3.59. The molecule has 9 heteroatoms. The van der Waals surface area contributed by atoms with Gasteiger partial charge in [0.25, 0.3) is 11.8 Å². The fraction of sp³-hybridized carbons (Fsp3) is 0.526. The van der Waals surface area contributed by atoms with E-state index in [0.29, 0.717) is 29.0 Å². The Morgan fingerprint density at radius 1 is 1.21 bits per heavy atom. The zero-order valence-electron chi connectivity index (χ0n) is 15.0. The van der Waals surface area contributed by atoms with Gasteiger partial charge in [-0.1, -0.05) is 6.07 Å². The van der Waals surface area contributed by atoms with Crippen molar-refractivity contribution in [1.29, 1.82) is 0 Å². The molecule has 0 saturated carbocycles. The SMILES string of the molecule is O=C1CC[C@H](N2Cc3c(ccc4c3OCC43CCNCC3(F)F)C2=O)C(=O)N1. The van der Waals surface area contributed by atoms with Crippen LogP contribution in [-0.4, -0.2) is 54.3 Å². The largest absolute Gasteiger partial charge is 0.492 e. The molecule has 0 aliphatic carbocycles. The van der Waals surface area contributed by atoms with E-state index in [1.807, 2.05) is 0 Å². The van der Waals surface area contributed by atoms with E-state index in [9.17, 15) is 23.2 Å². The lowest BCUT2D eigenvalue weighted by Gasteiger charge is -2.40. The van der Waals surface area contributed by atoms with Crippen molar-refractivity contribution in [3.05, 3.63) is 28.8 Å². The molecule has 2 N–H and O–H groups in total. The van der Waals surface area contributed by atoms with Crippen molar-refractivity contribution in [2.24, 2.45) is 0 Å². The standard InChI is InChI=1S/C19H19F2N3O4/c20-19(21)8-22-6-5-18(19)9-28-15-11-7-24(13-3-4-14(25)23-16(13)26)17(27)10(11)1-2-12(15)18/h1-2,13,22H,3-9H2,(H,23,25,26)/t13-,18?/m0/s1. The first-order valence-electron chi connectivity index (χ1n) is 9.36. The molecule has 2 saturated heterocycles. The van der Waals surface area contributed by atoms with Gasteiger partial charge in [0.15, 0.2) is 0 Å². The number of nitrogens with one attached hydrogen (secondary N) is 2. The molecule has 4 aliphatic heterocycles. The topological polar surface area (TPSA) is 87.7 Å². The van der Waals surface area contributed by atoms with E-state index in [0.717, 1.165) is 0 Å². The van der Waals surface area contributed by atoms with Crippen LogP contribution < -0.4 is 15.4 Å². The maximum atomic E-state index is 14.8. The maximum Gasteiger partial charge on any atom is 0.273 e. The third kappa shape index (κ3) is 2.19. The number of piperidine rings is 2. The molecule has 2 fully saturated rings. The van der Waals surface area contributed by atoms with Crippen molar-refractivity contribution >= 4 is 17.7 Å². The van der Waals surface area contributed by atoms with Crippen LogP contribution in [0.5, 0.6) is 5.75 Å². The van der Waals surface area contributed by atoms with Gasteiger partial charge in [-0.3, -0.25) is 19.7 Å². The summed E-state index contributed by atoms with van der Waals surface area (Å²) in [5.41, 5.74) is -0.0277. The molecule has 0 bridgehead atoms. The number of ether oxygens (including phenoxy) is 1. The monoisotopic (exact) mass is 391 g/mol. The highest BCUT2D eigenvalue weighted by Crippen LogP contribution is 2.53. The van der Waals surface area contributed by atoms with Crippen LogP contribution in [0.2, 0.25) is 0 Å². The van der Waals surface area contributed by atoms with Crippen LogP contribution in [0, 0.1) is 0 Å². The van der Waals surface area contributed by atoms with Crippen molar-refractivity contribution in [2.75, 3.05) is 19.7 Å². The number of halogens is 2. The van der Waals surface area contributed by atoms with Gasteiger partial charge in [0, 0.05) is 23.1 Å². The summed E-state index contributed by atoms with van der Waals surface area (Å²) in [5.74, 6) is -3.81. The lowest BCUT2D eigenvalue weighted by atomic mass is 9.71. The molecule has 4 aliphatic rings. The molecule has 148 valence electrons. The highest BCUT2D eigenvalue weighted by Gasteiger charge is 2.61. The van der Waals surface area contributed by atoms with E-state index in [1.54, 1.807) is 12.1 Å². The average Bonchev–Trinajstić information content (AvgIpc) is 3.18. The van der Waals surface area contributed by atoms with Gasteiger partial charge in [0.05, 0.1) is 18.5 Å². The summed E-state index contributed by atoms with van der Waals surface area (Å²) in [4.78, 5) is 37.8. The van der Waals surface area contributed by atoms with E-state index in [4.69, 9.17) is 4.74 Å². The van der Waals surface area contributed by atoms with E-state index >= 15 is 0 Å². The van der Waals surface area contributed by atoms with Gasteiger partial charge >= 0.3 is 0 Å². The summed E-state index contributed by atoms with van der Waals surface area (Å²) in [5, 5.41) is 4.99. The Morgan fingerprint density at radius 2 is 2.04 bits per heavy atom. The van der Waals surface area contributed by atoms with E-state index < -0.39 is 29.8 Å². The zero-order valence-corrected chi connectivity index (χ0v) is 15.0. The smallest absolute Gasteiger partial charge is 0.273 e. The maximum absolute atomic E-state index is 14.8. The molecule has 7 nitrogen and oxygen atoms in total. The molecule has 1 aromatic rings. The van der Waals surface area contributed by atoms with E-state index in [-0.39, 0.29) is 44.2 Å². The van der Waals surface area contributed by atoms with Gasteiger partial charge in [-0.15, -0.1) is 0 Å². The molecule has 3 amide bonds. The Balaban J connectivity index is 1.52. The average molecular weight is 391 g/mol. The summed E-state index contributed by atoms with van der Waals surface area (Å²) in [6, 6.07) is 2.40. The molecule has 1 unspecified atom stereocenters. The summed E-state index contributed by atoms with van der Waals surface area (Å²) in [6.45, 7) is 0.0502. The minimum Gasteiger partial charge on any atom is -0.492 e. The van der Waals surface area contributed by atoms with Crippen molar-refractivity contribution in [3.63, 3.8) is 0 Å². The van der Waals surface area contributed by atoms with Crippen LogP contribution >= 0.6 is 0 Å². The highest BCUT2D eigenvalue weighted by atomic mass is 19.3. The normalized spacial score (nSPS) is 30.9. The van der Waals surface area contributed by atoms with Gasteiger partial charge in [-0.05, 0) is 25.5 Å². The number of fused-ring (bicyclic) bond motifs is 4. The number of carbonyl (C=O) groups is 3. The number of hydrogen-bond donors (Lipinski definition) is 2. The highest BCUT2D eigenvalue weighted by molar-refractivity contribution is 6.05. The third-order valence-corrected chi connectivity index (χ3v) is 6.42. The molecular weight excluding hydrogens is 372 g/mol. The first-order chi connectivity index (χ1) is 13.3. The molecular formula is C19H19F2N3O4. The van der Waals surface area contributed by atoms with Crippen LogP contribution in [0.1, 0.15) is 40.7 Å². The Labute approximate surface area is 159 Å². The number of carbonyl (C=O) groups excluding carboxylic acids is 3. The molecule has 4 heterocycles. The van der Waals surface area contributed by atoms with Crippen LogP contribution in [0.4, 0.5) is 8.78 Å². The van der Waals surface area contributed by atoms with E-state index in [2.05, 4.69) is 10.6 Å². The molecule has 1 spiro atoms. The molecule has 1 aromatic carbocycles. The van der Waals surface area contributed by atoms with Gasteiger partial charge in [0.1, 0.15) is 18.4 Å². The molecule has 2 atom stereocenters. The number of nitrogens with zero attached hydrogens (tertiary/aromatic N) is 1. The molecule has 0 aromatic heterocycles. The lowest BCUT2D eigenvalue weighted by molar-refractivity contribution is -0.136. The summed E-state index contributed by atoms with van der Waals surface area (Å²) in [7, 11) is 0. The van der Waals surface area contributed by atoms with Crippen LogP contribution in [-0.2, 0) is 21.5 Å². The fourth-order valence-corrected chi connectivity index (χ4v) is 4.84. The van der Waals surface area contributed by atoms with Crippen molar-refractivity contribution in [1.82, 2.24) is 15.5 Å². The number of imide groups is 1. The number of benzene rings is 1. The summed E-state index contributed by atoms with van der Waals surface area (Å²) >= 11 is 0. The first-order valence-corrected chi connectivity index (χ1v) is 9.36. The molecule has 28 heavy (non-hydrogen) atoms. The van der Waals surface area contributed by atoms with Crippen molar-refractivity contribution in [2.45, 2.75) is 43.2 Å². The van der Waals surface area contributed by atoms with Gasteiger partial charge < -0.3 is 15.0 Å². The predicted octanol–water partition coefficient (Wildman–Crippen LogP) is 0.706. The first kappa shape index (κ1) is 17.5. The number of hydrogen-bond acceptors (Lipinski definition) is 5. The van der Waals surface area contributed by atoms with Gasteiger partial charge in [0.2, 0.25) is 11.8 Å². The van der Waals surface area contributed by atoms with Crippen molar-refractivity contribution < 1.29 is 27.9 Å². The number of rotatable bonds is 1. The van der Waals surface area contributed by atoms with Crippen LogP contribution in [0.15, 0.2) is 12.1 Å². The molecule has 0 radical (unpaired) electrons. The van der Waals surface area contributed by atoms with Crippen molar-refractivity contribution in [3.8, 4) is 5.75 Å². The quantitative estimate of drug-likeness (QED) is 0.689. The lowest BCUT2D eigenvalue weighted by Crippen LogP contribution is -2.57. The number of amides is 3. The minimum absolute atomic E-state index is 0.115. The zero-order chi connectivity index (χ0) is 19.7. The minimum atomic E-state index is -2.96. The van der Waals surface area contributed by atoms with Crippen LogP contribution in [0.25, 0.3) is 0 Å². The molecule has 5 rings (SSSR count). The fourth-order valence-electron chi connectivity index (χ4n) is 4.84. The Bertz CT molecular complexity index is 919. The van der Waals surface area contributed by atoms with E-state index in [1.165, 1.54) is 4.90 Å². The second-order valence-corrected chi connectivity index (χ2v) is 7.87. The Morgan fingerprint density at radius 3 is 2.79 bits per heavy atom. The second-order valence-electron chi connectivity index (χ2n) is 7.87. The van der Waals surface area contributed by atoms with Gasteiger partial charge in [-0.25, -0.2) is 8.78 Å². The third-order valence-electron chi connectivity index (χ3n) is 6.42. The Hall–Kier alpha value is -2.55.